The van der Waals surface area contributed by atoms with Crippen molar-refractivity contribution in [2.24, 2.45) is 0 Å². The quantitative estimate of drug-likeness (QED) is 0.768. The fraction of sp³-hybridized carbons (Fsp3) is 0.278. The van der Waals surface area contributed by atoms with Gasteiger partial charge in [0.15, 0.2) is 0 Å². The Labute approximate surface area is 131 Å². The van der Waals surface area contributed by atoms with E-state index in [1.54, 1.807) is 7.11 Å². The van der Waals surface area contributed by atoms with Crippen molar-refractivity contribution in [1.29, 1.82) is 0 Å². The van der Waals surface area contributed by atoms with Crippen molar-refractivity contribution in [3.8, 4) is 5.75 Å². The number of hydrogen-bond acceptors (Lipinski definition) is 2. The lowest BCUT2D eigenvalue weighted by Crippen LogP contribution is -2.83. The standard InChI is InChI=1S/C18H22N2O2/c1-14(21)20-17-7-3-16(4-8-17)13-19-12-11-15-5-9-18(22-2)10-6-15/h3-10,19H,11-13H2,1-2H3,(H,20,21)/p+1. The molecule has 0 saturated heterocycles. The first kappa shape index (κ1) is 16.0. The van der Waals surface area contributed by atoms with Gasteiger partial charge in [-0.3, -0.25) is 4.79 Å². The van der Waals surface area contributed by atoms with E-state index in [0.29, 0.717) is 0 Å². The molecule has 4 nitrogen and oxygen atoms in total. The fourth-order valence-electron chi connectivity index (χ4n) is 2.26. The summed E-state index contributed by atoms with van der Waals surface area (Å²) in [6.07, 6.45) is 1.04. The average Bonchev–Trinajstić information content (AvgIpc) is 2.53. The Bertz CT molecular complexity index is 591. The van der Waals surface area contributed by atoms with Crippen molar-refractivity contribution in [3.05, 3.63) is 59.7 Å². The third-order valence-electron chi connectivity index (χ3n) is 3.45. The van der Waals surface area contributed by atoms with Crippen LogP contribution in [0, 0.1) is 0 Å². The number of hydrogen-bond donors (Lipinski definition) is 2. The van der Waals surface area contributed by atoms with E-state index in [-0.39, 0.29) is 5.91 Å². The molecule has 0 aromatic heterocycles. The molecule has 2 aromatic carbocycles. The van der Waals surface area contributed by atoms with Crippen molar-refractivity contribution in [2.75, 3.05) is 19.0 Å². The Hall–Kier alpha value is -2.33. The summed E-state index contributed by atoms with van der Waals surface area (Å²) in [7, 11) is 1.68. The summed E-state index contributed by atoms with van der Waals surface area (Å²) in [5.41, 5.74) is 3.41. The van der Waals surface area contributed by atoms with Crippen LogP contribution in [-0.2, 0) is 17.8 Å². The van der Waals surface area contributed by atoms with Crippen LogP contribution in [-0.4, -0.2) is 19.6 Å². The van der Waals surface area contributed by atoms with E-state index < -0.39 is 0 Å². The van der Waals surface area contributed by atoms with Gasteiger partial charge in [-0.25, -0.2) is 0 Å². The van der Waals surface area contributed by atoms with Crippen molar-refractivity contribution in [3.63, 3.8) is 0 Å². The lowest BCUT2D eigenvalue weighted by molar-refractivity contribution is -0.670. The molecule has 0 aliphatic carbocycles. The highest BCUT2D eigenvalue weighted by molar-refractivity contribution is 5.88. The smallest absolute Gasteiger partial charge is 0.221 e. The summed E-state index contributed by atoms with van der Waals surface area (Å²) < 4.78 is 5.15. The van der Waals surface area contributed by atoms with Crippen LogP contribution in [0.25, 0.3) is 0 Å². The summed E-state index contributed by atoms with van der Waals surface area (Å²) in [5, 5.41) is 5.06. The van der Waals surface area contributed by atoms with Crippen molar-refractivity contribution in [1.82, 2.24) is 0 Å². The van der Waals surface area contributed by atoms with Gasteiger partial charge < -0.3 is 15.4 Å². The number of nitrogens with one attached hydrogen (secondary N) is 1. The summed E-state index contributed by atoms with van der Waals surface area (Å²) >= 11 is 0. The fourth-order valence-corrected chi connectivity index (χ4v) is 2.26. The van der Waals surface area contributed by atoms with Gasteiger partial charge in [-0.2, -0.15) is 0 Å². The van der Waals surface area contributed by atoms with Gasteiger partial charge in [0.05, 0.1) is 13.7 Å². The van der Waals surface area contributed by atoms with Crippen LogP contribution in [0.2, 0.25) is 0 Å². The maximum absolute atomic E-state index is 11.0. The van der Waals surface area contributed by atoms with Crippen LogP contribution in [0.15, 0.2) is 48.5 Å². The number of methoxy groups -OCH3 is 1. The molecule has 4 heteroatoms. The molecule has 0 aliphatic rings. The number of benzene rings is 2. The van der Waals surface area contributed by atoms with E-state index in [0.717, 1.165) is 30.9 Å². The Morgan fingerprint density at radius 3 is 2.27 bits per heavy atom. The van der Waals surface area contributed by atoms with E-state index in [4.69, 9.17) is 4.74 Å². The minimum absolute atomic E-state index is 0.0428. The van der Waals surface area contributed by atoms with E-state index in [9.17, 15) is 4.79 Å². The van der Waals surface area contributed by atoms with E-state index >= 15 is 0 Å². The van der Waals surface area contributed by atoms with Crippen molar-refractivity contribution >= 4 is 11.6 Å². The van der Waals surface area contributed by atoms with Gasteiger partial charge >= 0.3 is 0 Å². The molecule has 0 spiro atoms. The second-order valence-electron chi connectivity index (χ2n) is 5.26. The molecule has 0 unspecified atom stereocenters. The SMILES string of the molecule is COc1ccc(CC[NH2+]Cc2ccc(NC(C)=O)cc2)cc1. The number of anilines is 1. The molecule has 116 valence electrons. The number of carbonyl (C=O) groups excluding carboxylic acids is 1. The molecule has 0 saturated carbocycles. The first-order chi connectivity index (χ1) is 10.7. The third kappa shape index (κ3) is 5.22. The molecule has 0 bridgehead atoms. The second-order valence-corrected chi connectivity index (χ2v) is 5.26. The Kier molecular flexibility index (Phi) is 5.98. The first-order valence-corrected chi connectivity index (χ1v) is 7.48. The van der Waals surface area contributed by atoms with Gasteiger partial charge in [0.25, 0.3) is 0 Å². The van der Waals surface area contributed by atoms with Crippen LogP contribution in [0.5, 0.6) is 5.75 Å². The zero-order valence-electron chi connectivity index (χ0n) is 13.1. The van der Waals surface area contributed by atoms with Crippen molar-refractivity contribution < 1.29 is 14.8 Å². The molecule has 0 fully saturated rings. The number of amides is 1. The van der Waals surface area contributed by atoms with Gasteiger partial charge in [-0.15, -0.1) is 0 Å². The highest BCUT2D eigenvalue weighted by atomic mass is 16.5. The monoisotopic (exact) mass is 299 g/mol. The number of ether oxygens (including phenoxy) is 1. The molecule has 3 N–H and O–H groups in total. The van der Waals surface area contributed by atoms with Gasteiger partial charge in [0.2, 0.25) is 5.91 Å². The number of nitrogens with two attached hydrogens (primary N) is 1. The van der Waals surface area contributed by atoms with Crippen LogP contribution in [0.1, 0.15) is 18.1 Å². The molecule has 1 amide bonds. The Morgan fingerprint density at radius 1 is 1.05 bits per heavy atom. The second kappa shape index (κ2) is 8.20. The molecule has 0 radical (unpaired) electrons. The molecular weight excluding hydrogens is 276 g/mol. The molecule has 0 aliphatic heterocycles. The number of rotatable bonds is 7. The third-order valence-corrected chi connectivity index (χ3v) is 3.45. The Balaban J connectivity index is 1.72. The van der Waals surface area contributed by atoms with Gasteiger partial charge in [0, 0.05) is 24.6 Å². The minimum Gasteiger partial charge on any atom is -0.497 e. The van der Waals surface area contributed by atoms with Crippen LogP contribution in [0.3, 0.4) is 0 Å². The van der Waals surface area contributed by atoms with E-state index in [1.165, 1.54) is 18.1 Å². The molecule has 0 atom stereocenters. The maximum atomic E-state index is 11.0. The zero-order chi connectivity index (χ0) is 15.8. The number of quaternary nitrogens is 1. The predicted molar refractivity (Wildman–Crippen MR) is 87.9 cm³/mol. The molecule has 0 heterocycles. The molecule has 2 aromatic rings. The molecular formula is C18H23N2O2+. The summed E-state index contributed by atoms with van der Waals surface area (Å²) in [4.78, 5) is 11.0. The molecule has 2 rings (SSSR count). The molecule has 22 heavy (non-hydrogen) atoms. The lowest BCUT2D eigenvalue weighted by atomic mass is 10.1. The summed E-state index contributed by atoms with van der Waals surface area (Å²) in [6.45, 7) is 3.50. The van der Waals surface area contributed by atoms with Gasteiger partial charge in [-0.05, 0) is 29.8 Å². The highest BCUT2D eigenvalue weighted by Crippen LogP contribution is 2.11. The van der Waals surface area contributed by atoms with E-state index in [1.807, 2.05) is 24.3 Å². The Morgan fingerprint density at radius 2 is 1.68 bits per heavy atom. The minimum atomic E-state index is -0.0428. The summed E-state index contributed by atoms with van der Waals surface area (Å²) in [5.74, 6) is 0.853. The lowest BCUT2D eigenvalue weighted by Gasteiger charge is -2.05. The van der Waals surface area contributed by atoms with E-state index in [2.05, 4.69) is 34.9 Å². The number of carbonyl (C=O) groups is 1. The predicted octanol–water partition coefficient (Wildman–Crippen LogP) is 1.96. The maximum Gasteiger partial charge on any atom is 0.221 e. The average molecular weight is 299 g/mol. The largest absolute Gasteiger partial charge is 0.497 e. The van der Waals surface area contributed by atoms with Crippen LogP contribution < -0.4 is 15.4 Å². The summed E-state index contributed by atoms with van der Waals surface area (Å²) in [6, 6.07) is 16.2. The van der Waals surface area contributed by atoms with Crippen molar-refractivity contribution in [2.45, 2.75) is 19.9 Å². The van der Waals surface area contributed by atoms with Gasteiger partial charge in [0.1, 0.15) is 12.3 Å². The normalized spacial score (nSPS) is 10.3. The topological polar surface area (TPSA) is 54.9 Å². The van der Waals surface area contributed by atoms with Crippen LogP contribution in [0.4, 0.5) is 5.69 Å². The first-order valence-electron chi connectivity index (χ1n) is 7.48. The van der Waals surface area contributed by atoms with Crippen LogP contribution >= 0.6 is 0 Å². The van der Waals surface area contributed by atoms with Gasteiger partial charge in [-0.1, -0.05) is 24.3 Å². The highest BCUT2D eigenvalue weighted by Gasteiger charge is 2.00. The zero-order valence-corrected chi connectivity index (χ0v) is 13.1.